The van der Waals surface area contributed by atoms with Crippen molar-refractivity contribution < 1.29 is 4.79 Å². The van der Waals surface area contributed by atoms with Crippen LogP contribution in [0.4, 0.5) is 0 Å². The Bertz CT molecular complexity index is 414. The minimum atomic E-state index is -0.918. The lowest BCUT2D eigenvalue weighted by Crippen LogP contribution is -2.52. The molecule has 1 aromatic carbocycles. The van der Waals surface area contributed by atoms with Crippen LogP contribution in [0.5, 0.6) is 0 Å². The maximum Gasteiger partial charge on any atom is 0.247 e. The van der Waals surface area contributed by atoms with Crippen molar-refractivity contribution in [3.63, 3.8) is 0 Å². The van der Waals surface area contributed by atoms with E-state index >= 15 is 0 Å². The molecule has 0 saturated carbocycles. The van der Waals surface area contributed by atoms with Crippen LogP contribution in [0.25, 0.3) is 0 Å². The van der Waals surface area contributed by atoms with Crippen LogP contribution in [0, 0.1) is 0 Å². The molecule has 2 atom stereocenters. The van der Waals surface area contributed by atoms with Gasteiger partial charge in [-0.25, -0.2) is 0 Å². The van der Waals surface area contributed by atoms with E-state index in [1.54, 1.807) is 0 Å². The SMILES string of the molecule is CCC1CCCN1C(=O)C(C)(N)c1ccccc1. The van der Waals surface area contributed by atoms with E-state index in [0.29, 0.717) is 6.04 Å². The van der Waals surface area contributed by atoms with E-state index in [2.05, 4.69) is 6.92 Å². The molecule has 0 aromatic heterocycles. The van der Waals surface area contributed by atoms with Gasteiger partial charge in [-0.15, -0.1) is 0 Å². The van der Waals surface area contributed by atoms with Crippen LogP contribution in [0.15, 0.2) is 30.3 Å². The number of carbonyl (C=O) groups is 1. The quantitative estimate of drug-likeness (QED) is 0.889. The Morgan fingerprint density at radius 3 is 2.72 bits per heavy atom. The van der Waals surface area contributed by atoms with E-state index in [9.17, 15) is 4.79 Å². The molecule has 2 rings (SSSR count). The average Bonchev–Trinajstić information content (AvgIpc) is 2.87. The molecule has 1 saturated heterocycles. The molecule has 1 aliphatic heterocycles. The molecule has 2 unspecified atom stereocenters. The van der Waals surface area contributed by atoms with Crippen molar-refractivity contribution >= 4 is 5.91 Å². The zero-order valence-corrected chi connectivity index (χ0v) is 11.2. The second-order valence-electron chi connectivity index (χ2n) is 5.27. The molecule has 18 heavy (non-hydrogen) atoms. The molecule has 0 aliphatic carbocycles. The van der Waals surface area contributed by atoms with Gasteiger partial charge in [-0.2, -0.15) is 0 Å². The third-order valence-corrected chi connectivity index (χ3v) is 3.93. The number of likely N-dealkylation sites (tertiary alicyclic amines) is 1. The van der Waals surface area contributed by atoms with Crippen LogP contribution in [0.1, 0.15) is 38.7 Å². The lowest BCUT2D eigenvalue weighted by atomic mass is 9.91. The lowest BCUT2D eigenvalue weighted by molar-refractivity contribution is -0.137. The number of nitrogens with zero attached hydrogens (tertiary/aromatic N) is 1. The van der Waals surface area contributed by atoms with Gasteiger partial charge in [0.15, 0.2) is 0 Å². The van der Waals surface area contributed by atoms with E-state index in [0.717, 1.165) is 31.4 Å². The fraction of sp³-hybridized carbons (Fsp3) is 0.533. The third kappa shape index (κ3) is 2.27. The Hall–Kier alpha value is -1.35. The van der Waals surface area contributed by atoms with E-state index in [1.165, 1.54) is 0 Å². The fourth-order valence-electron chi connectivity index (χ4n) is 2.73. The molecule has 0 spiro atoms. The number of rotatable bonds is 3. The number of benzene rings is 1. The molecule has 98 valence electrons. The van der Waals surface area contributed by atoms with Gasteiger partial charge >= 0.3 is 0 Å². The molecule has 3 heteroatoms. The standard InChI is InChI=1S/C15H22N2O/c1-3-13-10-7-11-17(13)14(18)15(2,16)12-8-5-4-6-9-12/h4-6,8-9,13H,3,7,10-11,16H2,1-2H3. The van der Waals surface area contributed by atoms with Crippen molar-refractivity contribution in [3.05, 3.63) is 35.9 Å². The monoisotopic (exact) mass is 246 g/mol. The second kappa shape index (κ2) is 5.11. The number of amides is 1. The highest BCUT2D eigenvalue weighted by atomic mass is 16.2. The number of hydrogen-bond donors (Lipinski definition) is 1. The predicted octanol–water partition coefficient (Wildman–Crippen LogP) is 2.26. The molecule has 3 nitrogen and oxygen atoms in total. The topological polar surface area (TPSA) is 46.3 Å². The van der Waals surface area contributed by atoms with E-state index in [4.69, 9.17) is 5.73 Å². The minimum absolute atomic E-state index is 0.0538. The summed E-state index contributed by atoms with van der Waals surface area (Å²) in [7, 11) is 0. The van der Waals surface area contributed by atoms with Crippen molar-refractivity contribution in [3.8, 4) is 0 Å². The highest BCUT2D eigenvalue weighted by Crippen LogP contribution is 2.27. The van der Waals surface area contributed by atoms with Gasteiger partial charge in [0, 0.05) is 12.6 Å². The van der Waals surface area contributed by atoms with Gasteiger partial charge < -0.3 is 10.6 Å². The largest absolute Gasteiger partial charge is 0.338 e. The van der Waals surface area contributed by atoms with Crippen molar-refractivity contribution in [2.75, 3.05) is 6.54 Å². The van der Waals surface area contributed by atoms with Crippen LogP contribution >= 0.6 is 0 Å². The first kappa shape index (κ1) is 13.1. The van der Waals surface area contributed by atoms with Gasteiger partial charge in [-0.1, -0.05) is 37.3 Å². The first-order valence-corrected chi connectivity index (χ1v) is 6.73. The van der Waals surface area contributed by atoms with Crippen LogP contribution in [0.3, 0.4) is 0 Å². The molecule has 1 aromatic rings. The summed E-state index contributed by atoms with van der Waals surface area (Å²) in [5, 5.41) is 0. The summed E-state index contributed by atoms with van der Waals surface area (Å²) in [6, 6.07) is 10.0. The van der Waals surface area contributed by atoms with Crippen LogP contribution < -0.4 is 5.73 Å². The zero-order valence-electron chi connectivity index (χ0n) is 11.2. The molecular weight excluding hydrogens is 224 g/mol. The van der Waals surface area contributed by atoms with Crippen molar-refractivity contribution in [2.45, 2.75) is 44.7 Å². The molecule has 1 fully saturated rings. The van der Waals surface area contributed by atoms with Crippen LogP contribution in [-0.2, 0) is 10.3 Å². The number of hydrogen-bond acceptors (Lipinski definition) is 2. The van der Waals surface area contributed by atoms with Gasteiger partial charge in [-0.3, -0.25) is 4.79 Å². The van der Waals surface area contributed by atoms with Crippen molar-refractivity contribution in [1.82, 2.24) is 4.90 Å². The highest BCUT2D eigenvalue weighted by molar-refractivity contribution is 5.87. The summed E-state index contributed by atoms with van der Waals surface area (Å²) >= 11 is 0. The van der Waals surface area contributed by atoms with Gasteiger partial charge in [0.05, 0.1) is 0 Å². The zero-order chi connectivity index (χ0) is 13.2. The molecule has 0 radical (unpaired) electrons. The minimum Gasteiger partial charge on any atom is -0.338 e. The Morgan fingerprint density at radius 2 is 2.11 bits per heavy atom. The van der Waals surface area contributed by atoms with Crippen LogP contribution in [-0.4, -0.2) is 23.4 Å². The van der Waals surface area contributed by atoms with E-state index < -0.39 is 5.54 Å². The Balaban J connectivity index is 2.22. The summed E-state index contributed by atoms with van der Waals surface area (Å²) in [6.45, 7) is 4.79. The van der Waals surface area contributed by atoms with Crippen LogP contribution in [0.2, 0.25) is 0 Å². The third-order valence-electron chi connectivity index (χ3n) is 3.93. The average molecular weight is 246 g/mol. The van der Waals surface area contributed by atoms with Gasteiger partial charge in [-0.05, 0) is 31.7 Å². The Kier molecular flexibility index (Phi) is 3.71. The molecule has 2 N–H and O–H groups in total. The summed E-state index contributed by atoms with van der Waals surface area (Å²) in [5.41, 5.74) is 6.26. The summed E-state index contributed by atoms with van der Waals surface area (Å²) < 4.78 is 0. The smallest absolute Gasteiger partial charge is 0.247 e. The summed E-state index contributed by atoms with van der Waals surface area (Å²) in [5.74, 6) is 0.0538. The normalized spacial score (nSPS) is 22.8. The fourth-order valence-corrected chi connectivity index (χ4v) is 2.73. The predicted molar refractivity (Wildman–Crippen MR) is 73.0 cm³/mol. The Labute approximate surface area is 109 Å². The summed E-state index contributed by atoms with van der Waals surface area (Å²) in [4.78, 5) is 14.6. The van der Waals surface area contributed by atoms with Crippen molar-refractivity contribution in [2.24, 2.45) is 5.73 Å². The van der Waals surface area contributed by atoms with Gasteiger partial charge in [0.25, 0.3) is 0 Å². The number of nitrogens with two attached hydrogens (primary N) is 1. The lowest BCUT2D eigenvalue weighted by Gasteiger charge is -2.33. The first-order valence-electron chi connectivity index (χ1n) is 6.73. The van der Waals surface area contributed by atoms with E-state index in [-0.39, 0.29) is 5.91 Å². The maximum absolute atomic E-state index is 12.6. The molecule has 1 aliphatic rings. The van der Waals surface area contributed by atoms with Gasteiger partial charge in [0.2, 0.25) is 5.91 Å². The molecule has 0 bridgehead atoms. The van der Waals surface area contributed by atoms with Gasteiger partial charge in [0.1, 0.15) is 5.54 Å². The highest BCUT2D eigenvalue weighted by Gasteiger charge is 2.38. The summed E-state index contributed by atoms with van der Waals surface area (Å²) in [6.07, 6.45) is 3.21. The first-order chi connectivity index (χ1) is 8.57. The molecule has 1 amide bonds. The van der Waals surface area contributed by atoms with Crippen molar-refractivity contribution in [1.29, 1.82) is 0 Å². The molecular formula is C15H22N2O. The Morgan fingerprint density at radius 1 is 1.44 bits per heavy atom. The number of carbonyl (C=O) groups excluding carboxylic acids is 1. The second-order valence-corrected chi connectivity index (χ2v) is 5.27. The maximum atomic E-state index is 12.6. The van der Waals surface area contributed by atoms with E-state index in [1.807, 2.05) is 42.2 Å². The molecule has 1 heterocycles.